The zero-order valence-electron chi connectivity index (χ0n) is 19.4. The Hall–Kier alpha value is -3.33. The predicted octanol–water partition coefficient (Wildman–Crippen LogP) is 5.56. The van der Waals surface area contributed by atoms with Gasteiger partial charge in [-0.1, -0.05) is 17.7 Å². The van der Waals surface area contributed by atoms with Crippen LogP contribution in [-0.2, 0) is 4.74 Å². The fourth-order valence-electron chi connectivity index (χ4n) is 3.64. The van der Waals surface area contributed by atoms with Crippen LogP contribution in [0.5, 0.6) is 11.5 Å². The molecule has 1 aliphatic rings. The first-order chi connectivity index (χ1) is 16.1. The topological polar surface area (TPSA) is 85.8 Å². The van der Waals surface area contributed by atoms with Crippen molar-refractivity contribution in [2.75, 3.05) is 25.5 Å². The molecular formula is C24H26ClFN4O4. The summed E-state index contributed by atoms with van der Waals surface area (Å²) in [5.41, 5.74) is 0.217. The highest BCUT2D eigenvalue weighted by Gasteiger charge is 2.31. The van der Waals surface area contributed by atoms with Crippen LogP contribution in [0.3, 0.4) is 0 Å². The second-order valence-corrected chi connectivity index (χ2v) is 9.33. The molecule has 34 heavy (non-hydrogen) atoms. The average Bonchev–Trinajstić information content (AvgIpc) is 3.24. The maximum atomic E-state index is 14.4. The number of hydrogen-bond donors (Lipinski definition) is 1. The lowest BCUT2D eigenvalue weighted by Gasteiger charge is -2.24. The largest absolute Gasteiger partial charge is 0.493 e. The lowest BCUT2D eigenvalue weighted by molar-refractivity contribution is 0.0275. The van der Waals surface area contributed by atoms with Gasteiger partial charge in [0.25, 0.3) is 0 Å². The summed E-state index contributed by atoms with van der Waals surface area (Å²) < 4.78 is 31.6. The smallest absolute Gasteiger partial charge is 0.410 e. The highest BCUT2D eigenvalue weighted by molar-refractivity contribution is 6.31. The third kappa shape index (κ3) is 5.25. The number of carbonyl (C=O) groups is 1. The average molecular weight is 489 g/mol. The first-order valence-electron chi connectivity index (χ1n) is 10.8. The van der Waals surface area contributed by atoms with E-state index in [0.717, 1.165) is 0 Å². The molecule has 3 aromatic rings. The number of fused-ring (bicyclic) bond motifs is 1. The highest BCUT2D eigenvalue weighted by atomic mass is 35.5. The molecule has 1 atom stereocenters. The standard InChI is InChI=1S/C24H26ClFN4O4/c1-24(2,3)34-23(31)30-9-8-14(12-30)33-20-11-18-15(10-19(20)32-4)22(28-13-27-18)29-17-7-5-6-16(25)21(17)26/h5-7,10-11,13-14H,8-9,12H2,1-4H3,(H,27,28,29)/t14-/m1/s1. The third-order valence-electron chi connectivity index (χ3n) is 5.22. The number of hydrogen-bond acceptors (Lipinski definition) is 7. The van der Waals surface area contributed by atoms with Gasteiger partial charge in [0.05, 0.1) is 29.9 Å². The van der Waals surface area contributed by atoms with Crippen LogP contribution in [0, 0.1) is 5.82 Å². The van der Waals surface area contributed by atoms with Gasteiger partial charge in [0, 0.05) is 24.4 Å². The van der Waals surface area contributed by atoms with Gasteiger partial charge in [0.15, 0.2) is 17.3 Å². The van der Waals surface area contributed by atoms with Gasteiger partial charge in [0.2, 0.25) is 0 Å². The monoisotopic (exact) mass is 488 g/mol. The van der Waals surface area contributed by atoms with E-state index < -0.39 is 11.4 Å². The fourth-order valence-corrected chi connectivity index (χ4v) is 3.81. The summed E-state index contributed by atoms with van der Waals surface area (Å²) in [6.07, 6.45) is 1.45. The molecule has 180 valence electrons. The molecular weight excluding hydrogens is 463 g/mol. The minimum Gasteiger partial charge on any atom is -0.493 e. The SMILES string of the molecule is COc1cc2c(Nc3cccc(Cl)c3F)ncnc2cc1O[C@@H]1CCN(C(=O)OC(C)(C)C)C1. The van der Waals surface area contributed by atoms with Crippen molar-refractivity contribution >= 4 is 40.1 Å². The molecule has 8 nitrogen and oxygen atoms in total. The number of amides is 1. The molecule has 2 heterocycles. The number of nitrogens with zero attached hydrogens (tertiary/aromatic N) is 3. The first-order valence-corrected chi connectivity index (χ1v) is 11.2. The van der Waals surface area contributed by atoms with E-state index in [4.69, 9.17) is 25.8 Å². The normalized spacial score (nSPS) is 15.9. The van der Waals surface area contributed by atoms with Crippen molar-refractivity contribution < 1.29 is 23.4 Å². The van der Waals surface area contributed by atoms with Crippen LogP contribution < -0.4 is 14.8 Å². The number of benzene rings is 2. The van der Waals surface area contributed by atoms with E-state index in [9.17, 15) is 9.18 Å². The molecule has 1 N–H and O–H groups in total. The van der Waals surface area contributed by atoms with Crippen LogP contribution in [0.25, 0.3) is 10.9 Å². The minimum absolute atomic E-state index is 0.00798. The van der Waals surface area contributed by atoms with Crippen molar-refractivity contribution in [3.63, 3.8) is 0 Å². The number of likely N-dealkylation sites (tertiary alicyclic amines) is 1. The molecule has 0 aliphatic carbocycles. The molecule has 1 aliphatic heterocycles. The first kappa shape index (κ1) is 23.8. The van der Waals surface area contributed by atoms with Crippen LogP contribution in [-0.4, -0.2) is 52.9 Å². The Balaban J connectivity index is 1.56. The van der Waals surface area contributed by atoms with E-state index in [0.29, 0.717) is 47.7 Å². The maximum absolute atomic E-state index is 14.4. The van der Waals surface area contributed by atoms with Crippen molar-refractivity contribution in [1.82, 2.24) is 14.9 Å². The summed E-state index contributed by atoms with van der Waals surface area (Å²) in [4.78, 5) is 22.6. The number of aromatic nitrogens is 2. The molecule has 0 saturated carbocycles. The summed E-state index contributed by atoms with van der Waals surface area (Å²) in [6, 6.07) is 8.16. The second kappa shape index (κ2) is 9.50. The van der Waals surface area contributed by atoms with Crippen LogP contribution in [0.1, 0.15) is 27.2 Å². The Morgan fingerprint density at radius 1 is 1.24 bits per heavy atom. The minimum atomic E-state index is -0.571. The number of ether oxygens (including phenoxy) is 3. The highest BCUT2D eigenvalue weighted by Crippen LogP contribution is 2.36. The molecule has 0 unspecified atom stereocenters. The third-order valence-corrected chi connectivity index (χ3v) is 5.51. The number of rotatable bonds is 5. The van der Waals surface area contributed by atoms with E-state index in [2.05, 4.69) is 15.3 Å². The lowest BCUT2D eigenvalue weighted by atomic mass is 10.2. The Morgan fingerprint density at radius 3 is 2.76 bits per heavy atom. The molecule has 0 spiro atoms. The molecule has 1 amide bonds. The molecule has 1 aromatic heterocycles. The van der Waals surface area contributed by atoms with Gasteiger partial charge in [0.1, 0.15) is 23.9 Å². The molecule has 0 bridgehead atoms. The van der Waals surface area contributed by atoms with Crippen molar-refractivity contribution in [1.29, 1.82) is 0 Å². The molecule has 1 saturated heterocycles. The summed E-state index contributed by atoms with van der Waals surface area (Å²) in [5.74, 6) is 0.781. The van der Waals surface area contributed by atoms with Crippen molar-refractivity contribution in [3.05, 3.63) is 47.5 Å². The quantitative estimate of drug-likeness (QED) is 0.503. The van der Waals surface area contributed by atoms with Crippen LogP contribution >= 0.6 is 11.6 Å². The molecule has 0 radical (unpaired) electrons. The van der Waals surface area contributed by atoms with E-state index in [1.807, 2.05) is 20.8 Å². The van der Waals surface area contributed by atoms with Gasteiger partial charge in [-0.3, -0.25) is 0 Å². The Morgan fingerprint density at radius 2 is 2.03 bits per heavy atom. The molecule has 1 fully saturated rings. The van der Waals surface area contributed by atoms with E-state index in [1.54, 1.807) is 29.2 Å². The zero-order valence-corrected chi connectivity index (χ0v) is 20.1. The number of anilines is 2. The number of methoxy groups -OCH3 is 1. The molecule has 2 aromatic carbocycles. The van der Waals surface area contributed by atoms with Crippen LogP contribution in [0.15, 0.2) is 36.7 Å². The summed E-state index contributed by atoms with van der Waals surface area (Å²) >= 11 is 5.89. The molecule has 10 heteroatoms. The van der Waals surface area contributed by atoms with Gasteiger partial charge in [-0.2, -0.15) is 0 Å². The Kier molecular flexibility index (Phi) is 6.65. The van der Waals surface area contributed by atoms with Gasteiger partial charge in [-0.15, -0.1) is 0 Å². The van der Waals surface area contributed by atoms with Gasteiger partial charge in [-0.25, -0.2) is 19.2 Å². The zero-order chi connectivity index (χ0) is 24.5. The van der Waals surface area contributed by atoms with Gasteiger partial charge >= 0.3 is 6.09 Å². The predicted molar refractivity (Wildman–Crippen MR) is 128 cm³/mol. The maximum Gasteiger partial charge on any atom is 0.410 e. The van der Waals surface area contributed by atoms with Crippen LogP contribution in [0.4, 0.5) is 20.7 Å². The summed E-state index contributed by atoms with van der Waals surface area (Å²) in [7, 11) is 1.53. The van der Waals surface area contributed by atoms with Crippen molar-refractivity contribution in [2.45, 2.75) is 38.9 Å². The second-order valence-electron chi connectivity index (χ2n) is 8.92. The lowest BCUT2D eigenvalue weighted by Crippen LogP contribution is -2.36. The number of halogens is 2. The Labute approximate surface area is 202 Å². The summed E-state index contributed by atoms with van der Waals surface area (Å²) in [6.45, 7) is 6.44. The number of nitrogens with one attached hydrogen (secondary N) is 1. The van der Waals surface area contributed by atoms with Crippen LogP contribution in [0.2, 0.25) is 5.02 Å². The van der Waals surface area contributed by atoms with E-state index in [1.165, 1.54) is 19.5 Å². The van der Waals surface area contributed by atoms with E-state index >= 15 is 0 Å². The van der Waals surface area contributed by atoms with Crippen molar-refractivity contribution in [3.8, 4) is 11.5 Å². The summed E-state index contributed by atoms with van der Waals surface area (Å²) in [5, 5.41) is 3.60. The Bertz CT molecular complexity index is 1220. The number of carbonyl (C=O) groups excluding carboxylic acids is 1. The van der Waals surface area contributed by atoms with Crippen molar-refractivity contribution in [2.24, 2.45) is 0 Å². The van der Waals surface area contributed by atoms with E-state index in [-0.39, 0.29) is 22.9 Å². The van der Waals surface area contributed by atoms with Gasteiger partial charge < -0.3 is 24.4 Å². The fraction of sp³-hybridized carbons (Fsp3) is 0.375. The molecule has 4 rings (SSSR count). The van der Waals surface area contributed by atoms with Gasteiger partial charge in [-0.05, 0) is 39.0 Å².